The van der Waals surface area contributed by atoms with E-state index in [4.69, 9.17) is 0 Å². The van der Waals surface area contributed by atoms with E-state index < -0.39 is 0 Å². The molecule has 0 unspecified atom stereocenters. The van der Waals surface area contributed by atoms with Crippen LogP contribution in [0.1, 0.15) is 6.92 Å². The summed E-state index contributed by atoms with van der Waals surface area (Å²) >= 11 is 1.52. The number of amidine groups is 1. The molecule has 0 bridgehead atoms. The van der Waals surface area contributed by atoms with Crippen molar-refractivity contribution in [1.29, 1.82) is 0 Å². The highest BCUT2D eigenvalue weighted by atomic mass is 32.2. The highest BCUT2D eigenvalue weighted by Gasteiger charge is 2.09. The van der Waals surface area contributed by atoms with Gasteiger partial charge in [-0.1, -0.05) is 11.8 Å². The van der Waals surface area contributed by atoms with Gasteiger partial charge in [0.1, 0.15) is 0 Å². The maximum Gasteiger partial charge on any atom is 0.186 e. The van der Waals surface area contributed by atoms with E-state index in [1.165, 1.54) is 17.3 Å². The van der Waals surface area contributed by atoms with Crippen LogP contribution in [0.25, 0.3) is 0 Å². The van der Waals surface area contributed by atoms with Crippen molar-refractivity contribution in [2.75, 3.05) is 19.3 Å². The van der Waals surface area contributed by atoms with E-state index in [2.05, 4.69) is 28.9 Å². The van der Waals surface area contributed by atoms with E-state index in [1.54, 1.807) is 0 Å². The molecule has 0 spiro atoms. The Morgan fingerprint density at radius 3 is 2.75 bits per heavy atom. The second-order valence-electron chi connectivity index (χ2n) is 2.59. The minimum atomic E-state index is 0.744. The van der Waals surface area contributed by atoms with E-state index in [0.717, 1.165) is 24.0 Å². The number of aliphatic imine (C=N–C) groups is 2. The van der Waals surface area contributed by atoms with E-state index in [9.17, 15) is 0 Å². The summed E-state index contributed by atoms with van der Waals surface area (Å²) in [5, 5.41) is 3.97. The van der Waals surface area contributed by atoms with Crippen LogP contribution in [-0.2, 0) is 0 Å². The van der Waals surface area contributed by atoms with Crippen LogP contribution in [0.15, 0.2) is 21.3 Å². The molecule has 1 aliphatic heterocycles. The topological polar surface area (TPSA) is 36.8 Å². The van der Waals surface area contributed by atoms with Crippen LogP contribution in [0.3, 0.4) is 0 Å². The Bertz CT molecular complexity index is 243. The Kier molecular flexibility index (Phi) is 3.49. The lowest BCUT2D eigenvalue weighted by molar-refractivity contribution is 0.860. The van der Waals surface area contributed by atoms with Gasteiger partial charge < -0.3 is 5.32 Å². The smallest absolute Gasteiger partial charge is 0.186 e. The molecule has 1 heterocycles. The fourth-order valence-corrected chi connectivity index (χ4v) is 1.35. The summed E-state index contributed by atoms with van der Waals surface area (Å²) in [6, 6.07) is 0. The third-order valence-electron chi connectivity index (χ3n) is 1.72. The number of hydrogen-bond donors (Lipinski definition) is 1. The molecule has 1 rings (SSSR count). The molecule has 0 aromatic heterocycles. The second kappa shape index (κ2) is 4.42. The zero-order chi connectivity index (χ0) is 8.97. The van der Waals surface area contributed by atoms with Crippen molar-refractivity contribution in [1.82, 2.24) is 5.32 Å². The molecular weight excluding hydrogens is 170 g/mol. The summed E-state index contributed by atoms with van der Waals surface area (Å²) in [7, 11) is 0. The van der Waals surface area contributed by atoms with Gasteiger partial charge in [-0.2, -0.15) is 0 Å². The van der Waals surface area contributed by atoms with Gasteiger partial charge in [0.05, 0.1) is 5.70 Å². The Hall–Kier alpha value is -0.610. The van der Waals surface area contributed by atoms with Crippen LogP contribution in [0, 0.1) is 0 Å². The zero-order valence-corrected chi connectivity index (χ0v) is 8.24. The molecule has 12 heavy (non-hydrogen) atoms. The molecule has 4 heteroatoms. The lowest BCUT2D eigenvalue weighted by atomic mass is 10.3. The van der Waals surface area contributed by atoms with Gasteiger partial charge in [-0.15, -0.1) is 0 Å². The summed E-state index contributed by atoms with van der Waals surface area (Å²) in [4.78, 5) is 8.17. The SMILES string of the molecule is C=NC(=NC1=C(C)CNC1)SC. The highest BCUT2D eigenvalue weighted by Crippen LogP contribution is 2.12. The minimum Gasteiger partial charge on any atom is -0.307 e. The maximum absolute atomic E-state index is 4.36. The molecule has 0 saturated carbocycles. The van der Waals surface area contributed by atoms with Crippen molar-refractivity contribution < 1.29 is 0 Å². The van der Waals surface area contributed by atoms with Crippen molar-refractivity contribution in [3.05, 3.63) is 11.3 Å². The van der Waals surface area contributed by atoms with Crippen LogP contribution in [-0.4, -0.2) is 31.2 Å². The van der Waals surface area contributed by atoms with Crippen LogP contribution >= 0.6 is 11.8 Å². The predicted molar refractivity (Wildman–Crippen MR) is 56.1 cm³/mol. The molecule has 0 atom stereocenters. The number of hydrogen-bond acceptors (Lipinski definition) is 3. The first kappa shape index (κ1) is 9.48. The number of nitrogens with one attached hydrogen (secondary N) is 1. The predicted octanol–water partition coefficient (Wildman–Crippen LogP) is 1.28. The van der Waals surface area contributed by atoms with Gasteiger partial charge in [-0.3, -0.25) is 0 Å². The third kappa shape index (κ3) is 2.19. The van der Waals surface area contributed by atoms with Gasteiger partial charge in [0.25, 0.3) is 0 Å². The minimum absolute atomic E-state index is 0.744. The Morgan fingerprint density at radius 2 is 2.33 bits per heavy atom. The zero-order valence-electron chi connectivity index (χ0n) is 7.42. The molecule has 0 amide bonds. The molecule has 1 aliphatic rings. The number of rotatable bonds is 1. The lowest BCUT2D eigenvalue weighted by Gasteiger charge is -1.96. The average molecular weight is 183 g/mol. The van der Waals surface area contributed by atoms with Crippen LogP contribution < -0.4 is 5.32 Å². The van der Waals surface area contributed by atoms with E-state index in [-0.39, 0.29) is 0 Å². The van der Waals surface area contributed by atoms with Crippen molar-refractivity contribution >= 4 is 23.6 Å². The fourth-order valence-electron chi connectivity index (χ4n) is 1.02. The normalized spacial score (nSPS) is 18.7. The maximum atomic E-state index is 4.36. The van der Waals surface area contributed by atoms with Crippen LogP contribution in [0.2, 0.25) is 0 Å². The molecule has 1 N–H and O–H groups in total. The highest BCUT2D eigenvalue weighted by molar-refractivity contribution is 8.13. The van der Waals surface area contributed by atoms with Crippen molar-refractivity contribution in [3.8, 4) is 0 Å². The van der Waals surface area contributed by atoms with Gasteiger partial charge in [-0.05, 0) is 25.5 Å². The molecule has 3 nitrogen and oxygen atoms in total. The Balaban J connectivity index is 2.77. The molecule has 0 aliphatic carbocycles. The van der Waals surface area contributed by atoms with Crippen molar-refractivity contribution in [3.63, 3.8) is 0 Å². The van der Waals surface area contributed by atoms with Gasteiger partial charge in [-0.25, -0.2) is 9.98 Å². The molecule has 0 radical (unpaired) electrons. The summed E-state index contributed by atoms with van der Waals surface area (Å²) in [6.45, 7) is 7.33. The monoisotopic (exact) mass is 183 g/mol. The van der Waals surface area contributed by atoms with Crippen molar-refractivity contribution in [2.24, 2.45) is 9.98 Å². The molecule has 0 fully saturated rings. The summed E-state index contributed by atoms with van der Waals surface area (Å²) in [5.74, 6) is 0. The first-order chi connectivity index (χ1) is 5.77. The number of thioether (sulfide) groups is 1. The van der Waals surface area contributed by atoms with Crippen LogP contribution in [0.5, 0.6) is 0 Å². The fraction of sp³-hybridized carbons (Fsp3) is 0.500. The third-order valence-corrected chi connectivity index (χ3v) is 2.31. The van der Waals surface area contributed by atoms with E-state index in [0.29, 0.717) is 0 Å². The van der Waals surface area contributed by atoms with Crippen molar-refractivity contribution in [2.45, 2.75) is 6.92 Å². The first-order valence-electron chi connectivity index (χ1n) is 3.76. The molecular formula is C8H13N3S. The average Bonchev–Trinajstić information content (AvgIpc) is 2.47. The molecule has 0 aromatic rings. The van der Waals surface area contributed by atoms with E-state index in [1.807, 2.05) is 6.26 Å². The Morgan fingerprint density at radius 1 is 1.58 bits per heavy atom. The largest absolute Gasteiger partial charge is 0.307 e. The molecule has 66 valence electrons. The summed E-state index contributed by atoms with van der Waals surface area (Å²) in [5.41, 5.74) is 2.40. The molecule has 0 aromatic carbocycles. The summed E-state index contributed by atoms with van der Waals surface area (Å²) < 4.78 is 0. The number of nitrogens with zero attached hydrogens (tertiary/aromatic N) is 2. The van der Waals surface area contributed by atoms with Gasteiger partial charge in [0, 0.05) is 13.1 Å². The van der Waals surface area contributed by atoms with Gasteiger partial charge in [0.2, 0.25) is 0 Å². The quantitative estimate of drug-likeness (QED) is 0.491. The summed E-state index contributed by atoms with van der Waals surface area (Å²) in [6.07, 6.45) is 1.95. The van der Waals surface area contributed by atoms with Crippen LogP contribution in [0.4, 0.5) is 0 Å². The Labute approximate surface area is 77.1 Å². The first-order valence-corrected chi connectivity index (χ1v) is 4.99. The standard InChI is InChI=1S/C8H13N3S/c1-6-4-10-5-7(6)11-8(9-2)12-3/h10H,2,4-5H2,1,3H3. The van der Waals surface area contributed by atoms with Gasteiger partial charge in [0.15, 0.2) is 5.17 Å². The second-order valence-corrected chi connectivity index (χ2v) is 3.36. The van der Waals surface area contributed by atoms with E-state index >= 15 is 0 Å². The molecule has 0 saturated heterocycles. The lowest BCUT2D eigenvalue weighted by Crippen LogP contribution is -2.08. The van der Waals surface area contributed by atoms with Gasteiger partial charge >= 0.3 is 0 Å².